The summed E-state index contributed by atoms with van der Waals surface area (Å²) in [4.78, 5) is 14.5. The van der Waals surface area contributed by atoms with Gasteiger partial charge in [0.25, 0.3) is 0 Å². The third-order valence-corrected chi connectivity index (χ3v) is 4.31. The molecule has 2 heterocycles. The Morgan fingerprint density at radius 1 is 1.41 bits per heavy atom. The molecule has 0 aliphatic carbocycles. The maximum absolute atomic E-state index is 12.2. The van der Waals surface area contributed by atoms with Gasteiger partial charge in [-0.15, -0.1) is 0 Å². The van der Waals surface area contributed by atoms with Crippen molar-refractivity contribution in [2.45, 2.75) is 37.6 Å². The highest BCUT2D eigenvalue weighted by atomic mass is 16.5. The highest BCUT2D eigenvalue weighted by Gasteiger charge is 2.47. The Bertz CT molecular complexity index is 275. The lowest BCUT2D eigenvalue weighted by molar-refractivity contribution is -0.154. The van der Waals surface area contributed by atoms with Crippen molar-refractivity contribution >= 4 is 5.97 Å². The van der Waals surface area contributed by atoms with Crippen LogP contribution in [0.2, 0.25) is 0 Å². The molecule has 1 N–H and O–H groups in total. The molecule has 0 amide bonds. The number of esters is 1. The van der Waals surface area contributed by atoms with Crippen molar-refractivity contribution < 1.29 is 9.53 Å². The predicted octanol–water partition coefficient (Wildman–Crippen LogP) is 1.01. The van der Waals surface area contributed by atoms with Crippen LogP contribution in [0.3, 0.4) is 0 Å². The molecule has 2 saturated heterocycles. The molecule has 0 aromatic heterocycles. The van der Waals surface area contributed by atoms with E-state index in [0.717, 1.165) is 38.9 Å². The second-order valence-electron chi connectivity index (χ2n) is 5.45. The number of carbonyl (C=O) groups is 1. The molecule has 2 rings (SSSR count). The Kier molecular flexibility index (Phi) is 4.05. The summed E-state index contributed by atoms with van der Waals surface area (Å²) in [6.45, 7) is 3.09. The molecule has 4 heteroatoms. The van der Waals surface area contributed by atoms with Gasteiger partial charge in [-0.2, -0.15) is 0 Å². The molecule has 2 aliphatic rings. The monoisotopic (exact) mass is 240 g/mol. The number of hydrogen-bond acceptors (Lipinski definition) is 4. The highest BCUT2D eigenvalue weighted by molar-refractivity contribution is 5.81. The number of likely N-dealkylation sites (tertiary alicyclic amines) is 1. The van der Waals surface area contributed by atoms with Crippen molar-refractivity contribution in [1.29, 1.82) is 0 Å². The first-order valence-corrected chi connectivity index (χ1v) is 6.71. The first kappa shape index (κ1) is 12.8. The fourth-order valence-corrected chi connectivity index (χ4v) is 3.37. The maximum Gasteiger partial charge on any atom is 0.326 e. The molecule has 2 aliphatic heterocycles. The number of nitrogens with one attached hydrogen (secondary N) is 1. The van der Waals surface area contributed by atoms with E-state index in [1.165, 1.54) is 20.0 Å². The first-order valence-electron chi connectivity index (χ1n) is 6.71. The van der Waals surface area contributed by atoms with Crippen LogP contribution in [-0.2, 0) is 9.53 Å². The van der Waals surface area contributed by atoms with Crippen molar-refractivity contribution in [2.24, 2.45) is 5.92 Å². The Balaban J connectivity index is 2.16. The van der Waals surface area contributed by atoms with Crippen LogP contribution < -0.4 is 5.32 Å². The topological polar surface area (TPSA) is 41.6 Å². The number of nitrogens with zero attached hydrogens (tertiary/aromatic N) is 1. The normalized spacial score (nSPS) is 35.5. The average molecular weight is 240 g/mol. The van der Waals surface area contributed by atoms with Gasteiger partial charge in [0.15, 0.2) is 0 Å². The fraction of sp³-hybridized carbons (Fsp3) is 0.923. The van der Waals surface area contributed by atoms with Crippen molar-refractivity contribution in [1.82, 2.24) is 10.2 Å². The third-order valence-electron chi connectivity index (χ3n) is 4.31. The molecule has 0 aromatic rings. The quantitative estimate of drug-likeness (QED) is 0.732. The fourth-order valence-electron chi connectivity index (χ4n) is 3.37. The van der Waals surface area contributed by atoms with E-state index >= 15 is 0 Å². The molecule has 98 valence electrons. The molecule has 0 aromatic carbocycles. The van der Waals surface area contributed by atoms with Gasteiger partial charge in [0, 0.05) is 12.5 Å². The van der Waals surface area contributed by atoms with Gasteiger partial charge < -0.3 is 15.0 Å². The number of carbonyl (C=O) groups excluding carboxylic acids is 1. The van der Waals surface area contributed by atoms with Crippen molar-refractivity contribution in [3.05, 3.63) is 0 Å². The van der Waals surface area contributed by atoms with Crippen molar-refractivity contribution in [3.8, 4) is 0 Å². The lowest BCUT2D eigenvalue weighted by Crippen LogP contribution is -2.62. The van der Waals surface area contributed by atoms with Crippen LogP contribution in [0, 0.1) is 5.92 Å². The van der Waals surface area contributed by atoms with Crippen LogP contribution in [0.15, 0.2) is 0 Å². The Hall–Kier alpha value is -0.610. The minimum Gasteiger partial charge on any atom is -0.468 e. The smallest absolute Gasteiger partial charge is 0.326 e. The number of methoxy groups -OCH3 is 1. The summed E-state index contributed by atoms with van der Waals surface area (Å²) in [7, 11) is 3.65. The van der Waals surface area contributed by atoms with Gasteiger partial charge in [-0.05, 0) is 52.2 Å². The van der Waals surface area contributed by atoms with Gasteiger partial charge in [0.2, 0.25) is 0 Å². The van der Waals surface area contributed by atoms with Gasteiger partial charge in [-0.3, -0.25) is 4.79 Å². The van der Waals surface area contributed by atoms with E-state index in [4.69, 9.17) is 4.74 Å². The number of hydrogen-bond donors (Lipinski definition) is 1. The third kappa shape index (κ3) is 2.47. The molecule has 2 atom stereocenters. The highest BCUT2D eigenvalue weighted by Crippen LogP contribution is 2.34. The zero-order chi connectivity index (χ0) is 12.3. The summed E-state index contributed by atoms with van der Waals surface area (Å²) >= 11 is 0. The zero-order valence-corrected chi connectivity index (χ0v) is 11.0. The van der Waals surface area contributed by atoms with E-state index in [9.17, 15) is 4.79 Å². The van der Waals surface area contributed by atoms with Crippen LogP contribution in [0.4, 0.5) is 0 Å². The molecular weight excluding hydrogens is 216 g/mol. The molecule has 0 saturated carbocycles. The van der Waals surface area contributed by atoms with Crippen LogP contribution in [0.5, 0.6) is 0 Å². The zero-order valence-electron chi connectivity index (χ0n) is 11.0. The molecule has 4 nitrogen and oxygen atoms in total. The summed E-state index contributed by atoms with van der Waals surface area (Å²) in [6.07, 6.45) is 5.54. The number of rotatable bonds is 2. The molecule has 2 unspecified atom stereocenters. The second kappa shape index (κ2) is 5.36. The number of ether oxygens (including phenoxy) is 1. The van der Waals surface area contributed by atoms with E-state index in [1.807, 2.05) is 0 Å². The molecule has 0 radical (unpaired) electrons. The van der Waals surface area contributed by atoms with Crippen molar-refractivity contribution in [2.75, 3.05) is 33.8 Å². The van der Waals surface area contributed by atoms with Crippen LogP contribution >= 0.6 is 0 Å². The molecule has 2 fully saturated rings. The average Bonchev–Trinajstić information content (AvgIpc) is 2.38. The SMILES string of the molecule is COC(=O)C1(C2CCCN(C)C2)CCCCN1. The van der Waals surface area contributed by atoms with Gasteiger partial charge >= 0.3 is 5.97 Å². The lowest BCUT2D eigenvalue weighted by atomic mass is 9.74. The van der Waals surface area contributed by atoms with E-state index < -0.39 is 5.54 Å². The Morgan fingerprint density at radius 3 is 2.82 bits per heavy atom. The van der Waals surface area contributed by atoms with Gasteiger partial charge in [-0.25, -0.2) is 0 Å². The van der Waals surface area contributed by atoms with Crippen LogP contribution in [0.25, 0.3) is 0 Å². The summed E-state index contributed by atoms with van der Waals surface area (Å²) < 4.78 is 5.06. The molecule has 0 spiro atoms. The molecular formula is C13H24N2O2. The van der Waals surface area contributed by atoms with Gasteiger partial charge in [0.1, 0.15) is 5.54 Å². The summed E-state index contributed by atoms with van der Waals surface area (Å²) in [5.74, 6) is 0.339. The predicted molar refractivity (Wildman–Crippen MR) is 66.8 cm³/mol. The largest absolute Gasteiger partial charge is 0.468 e. The van der Waals surface area contributed by atoms with E-state index in [-0.39, 0.29) is 5.97 Å². The standard InChI is InChI=1S/C13H24N2O2/c1-15-9-5-6-11(10-15)13(12(16)17-2)7-3-4-8-14-13/h11,14H,3-10H2,1-2H3. The first-order chi connectivity index (χ1) is 8.19. The second-order valence-corrected chi connectivity index (χ2v) is 5.45. The maximum atomic E-state index is 12.2. The summed E-state index contributed by atoms with van der Waals surface area (Å²) in [5, 5.41) is 3.47. The van der Waals surface area contributed by atoms with Crippen LogP contribution in [-0.4, -0.2) is 50.2 Å². The number of piperidine rings is 2. The Morgan fingerprint density at radius 2 is 2.24 bits per heavy atom. The summed E-state index contributed by atoms with van der Waals surface area (Å²) in [6, 6.07) is 0. The van der Waals surface area contributed by atoms with Crippen molar-refractivity contribution in [3.63, 3.8) is 0 Å². The van der Waals surface area contributed by atoms with E-state index in [0.29, 0.717) is 5.92 Å². The molecule has 17 heavy (non-hydrogen) atoms. The summed E-state index contributed by atoms with van der Waals surface area (Å²) in [5.41, 5.74) is -0.415. The van der Waals surface area contributed by atoms with E-state index in [1.54, 1.807) is 0 Å². The minimum absolute atomic E-state index is 0.0579. The van der Waals surface area contributed by atoms with Gasteiger partial charge in [-0.1, -0.05) is 0 Å². The lowest BCUT2D eigenvalue weighted by Gasteiger charge is -2.45. The minimum atomic E-state index is -0.415. The van der Waals surface area contributed by atoms with E-state index in [2.05, 4.69) is 17.3 Å². The molecule has 0 bridgehead atoms. The Labute approximate surface area is 104 Å². The van der Waals surface area contributed by atoms with Gasteiger partial charge in [0.05, 0.1) is 7.11 Å². The van der Waals surface area contributed by atoms with Crippen LogP contribution in [0.1, 0.15) is 32.1 Å².